The van der Waals surface area contributed by atoms with Crippen molar-refractivity contribution in [1.29, 1.82) is 0 Å². The summed E-state index contributed by atoms with van der Waals surface area (Å²) in [6.45, 7) is 1.59. The van der Waals surface area contributed by atoms with Gasteiger partial charge in [0, 0.05) is 5.56 Å². The fraction of sp³-hybridized carbons (Fsp3) is 0.0833. The average Bonchev–Trinajstić information content (AvgIpc) is 2.35. The average molecular weight is 263 g/mol. The maximum absolute atomic E-state index is 13.5. The second kappa shape index (κ2) is 4.52. The lowest BCUT2D eigenvalue weighted by atomic mass is 10.1. The highest BCUT2D eigenvalue weighted by molar-refractivity contribution is 5.90. The lowest BCUT2D eigenvalue weighted by molar-refractivity contribution is 0.0687. The van der Waals surface area contributed by atoms with Crippen LogP contribution in [0.4, 0.5) is 10.2 Å². The molecule has 1 aromatic carbocycles. The number of anilines is 1. The number of nitrogen functional groups attached to an aromatic ring is 1. The van der Waals surface area contributed by atoms with E-state index in [1.54, 1.807) is 6.92 Å². The third-order valence-electron chi connectivity index (χ3n) is 2.54. The van der Waals surface area contributed by atoms with Crippen LogP contribution in [0.2, 0.25) is 0 Å². The Morgan fingerprint density at radius 1 is 1.37 bits per heavy atom. The van der Waals surface area contributed by atoms with Gasteiger partial charge in [0.25, 0.3) is 0 Å². The normalized spacial score (nSPS) is 10.4. The van der Waals surface area contributed by atoms with Crippen LogP contribution in [0, 0.1) is 12.7 Å². The van der Waals surface area contributed by atoms with E-state index in [1.165, 1.54) is 18.2 Å². The predicted molar refractivity (Wildman–Crippen MR) is 65.2 cm³/mol. The molecule has 4 N–H and O–H groups in total. The maximum Gasteiger partial charge on any atom is 0.358 e. The number of nitrogens with zero attached hydrogens (tertiary/aromatic N) is 2. The largest absolute Gasteiger partial charge is 0.503 e. The molecule has 6 nitrogen and oxygen atoms in total. The molecule has 2 rings (SSSR count). The van der Waals surface area contributed by atoms with E-state index in [2.05, 4.69) is 9.97 Å². The number of carbonyl (C=O) groups is 1. The van der Waals surface area contributed by atoms with Crippen molar-refractivity contribution in [3.05, 3.63) is 35.3 Å². The Kier molecular flexibility index (Phi) is 3.04. The monoisotopic (exact) mass is 263 g/mol. The molecule has 0 aliphatic carbocycles. The number of rotatable bonds is 2. The first-order valence-electron chi connectivity index (χ1n) is 5.26. The standard InChI is InChI=1S/C12H10FN3O3/c1-5-2-3-6(4-7(5)13)11-15-8(12(18)19)9(17)10(14)16-11/h2-4,17H,1H3,(H,18,19)(H2,14,15,16). The molecule has 0 saturated heterocycles. The molecule has 0 aliphatic heterocycles. The Labute approximate surface area is 107 Å². The van der Waals surface area contributed by atoms with E-state index in [0.717, 1.165) is 0 Å². The lowest BCUT2D eigenvalue weighted by Crippen LogP contribution is -2.07. The van der Waals surface area contributed by atoms with Crippen molar-refractivity contribution in [3.8, 4) is 17.1 Å². The number of aryl methyl sites for hydroxylation is 1. The number of carboxylic acids is 1. The second-order valence-corrected chi connectivity index (χ2v) is 3.90. The number of aromatic carboxylic acids is 1. The van der Waals surface area contributed by atoms with E-state index in [-0.39, 0.29) is 17.2 Å². The van der Waals surface area contributed by atoms with E-state index in [0.29, 0.717) is 5.56 Å². The second-order valence-electron chi connectivity index (χ2n) is 3.90. The number of halogens is 1. The molecule has 0 fully saturated rings. The van der Waals surface area contributed by atoms with Crippen molar-refractivity contribution in [2.45, 2.75) is 6.92 Å². The van der Waals surface area contributed by atoms with Gasteiger partial charge in [-0.3, -0.25) is 0 Å². The van der Waals surface area contributed by atoms with Gasteiger partial charge in [-0.1, -0.05) is 12.1 Å². The molecule has 0 atom stereocenters. The first kappa shape index (κ1) is 12.7. The summed E-state index contributed by atoms with van der Waals surface area (Å²) < 4.78 is 13.5. The smallest absolute Gasteiger partial charge is 0.358 e. The zero-order valence-corrected chi connectivity index (χ0v) is 9.88. The summed E-state index contributed by atoms with van der Waals surface area (Å²) in [5.74, 6) is -3.05. The number of aromatic hydroxyl groups is 1. The van der Waals surface area contributed by atoms with Crippen LogP contribution in [0.25, 0.3) is 11.4 Å². The molecule has 2 aromatic rings. The van der Waals surface area contributed by atoms with Crippen molar-refractivity contribution in [2.75, 3.05) is 5.73 Å². The van der Waals surface area contributed by atoms with Gasteiger partial charge < -0.3 is 15.9 Å². The van der Waals surface area contributed by atoms with Crippen molar-refractivity contribution in [2.24, 2.45) is 0 Å². The molecule has 0 unspecified atom stereocenters. The molecule has 19 heavy (non-hydrogen) atoms. The molecular weight excluding hydrogens is 253 g/mol. The van der Waals surface area contributed by atoms with Gasteiger partial charge >= 0.3 is 5.97 Å². The number of nitrogens with two attached hydrogens (primary N) is 1. The Balaban J connectivity index is 2.62. The topological polar surface area (TPSA) is 109 Å². The number of carboxylic acid groups (broad SMARTS) is 1. The molecule has 98 valence electrons. The quantitative estimate of drug-likeness (QED) is 0.758. The van der Waals surface area contributed by atoms with Gasteiger partial charge in [-0.15, -0.1) is 0 Å². The minimum absolute atomic E-state index is 0.0633. The van der Waals surface area contributed by atoms with Gasteiger partial charge in [-0.25, -0.2) is 19.2 Å². The predicted octanol–water partition coefficient (Wildman–Crippen LogP) is 1.58. The van der Waals surface area contributed by atoms with Crippen LogP contribution >= 0.6 is 0 Å². The van der Waals surface area contributed by atoms with E-state index in [4.69, 9.17) is 10.8 Å². The van der Waals surface area contributed by atoms with Gasteiger partial charge in [0.1, 0.15) is 5.82 Å². The summed E-state index contributed by atoms with van der Waals surface area (Å²) in [5.41, 5.74) is 5.50. The Morgan fingerprint density at radius 2 is 2.05 bits per heavy atom. The van der Waals surface area contributed by atoms with Crippen molar-refractivity contribution in [1.82, 2.24) is 9.97 Å². The van der Waals surface area contributed by atoms with E-state index in [9.17, 15) is 14.3 Å². The highest BCUT2D eigenvalue weighted by Crippen LogP contribution is 2.26. The van der Waals surface area contributed by atoms with E-state index >= 15 is 0 Å². The highest BCUT2D eigenvalue weighted by Gasteiger charge is 2.18. The van der Waals surface area contributed by atoms with Crippen LogP contribution in [0.15, 0.2) is 18.2 Å². The molecule has 0 bridgehead atoms. The number of benzene rings is 1. The lowest BCUT2D eigenvalue weighted by Gasteiger charge is -2.06. The summed E-state index contributed by atoms with van der Waals surface area (Å²) in [6, 6.07) is 4.22. The first-order valence-corrected chi connectivity index (χ1v) is 5.26. The van der Waals surface area contributed by atoms with Crippen molar-refractivity contribution < 1.29 is 19.4 Å². The fourth-order valence-corrected chi connectivity index (χ4v) is 1.48. The van der Waals surface area contributed by atoms with Crippen molar-refractivity contribution in [3.63, 3.8) is 0 Å². The summed E-state index contributed by atoms with van der Waals surface area (Å²) >= 11 is 0. The molecule has 0 aliphatic rings. The molecule has 1 heterocycles. The van der Waals surface area contributed by atoms with Crippen molar-refractivity contribution >= 4 is 11.8 Å². The van der Waals surface area contributed by atoms with Crippen LogP contribution in [0.1, 0.15) is 16.1 Å². The molecule has 0 saturated carbocycles. The summed E-state index contributed by atoms with van der Waals surface area (Å²) in [7, 11) is 0. The van der Waals surface area contributed by atoms with Crippen LogP contribution in [0.5, 0.6) is 5.75 Å². The summed E-state index contributed by atoms with van der Waals surface area (Å²) in [6.07, 6.45) is 0. The Bertz CT molecular complexity index is 674. The first-order chi connectivity index (χ1) is 8.90. The van der Waals surface area contributed by atoms with Crippen LogP contribution in [0.3, 0.4) is 0 Å². The SMILES string of the molecule is Cc1ccc(-c2nc(N)c(O)c(C(=O)O)n2)cc1F. The Morgan fingerprint density at radius 3 is 2.63 bits per heavy atom. The van der Waals surface area contributed by atoms with Gasteiger partial charge in [-0.05, 0) is 18.6 Å². The zero-order valence-electron chi connectivity index (χ0n) is 9.88. The molecule has 1 aromatic heterocycles. The van der Waals surface area contributed by atoms with Crippen LogP contribution < -0.4 is 5.73 Å². The minimum atomic E-state index is -1.44. The Hall–Kier alpha value is -2.70. The zero-order chi connectivity index (χ0) is 14.2. The third kappa shape index (κ3) is 2.30. The summed E-state index contributed by atoms with van der Waals surface area (Å²) in [4.78, 5) is 18.3. The van der Waals surface area contributed by atoms with Gasteiger partial charge in [-0.2, -0.15) is 0 Å². The third-order valence-corrected chi connectivity index (χ3v) is 2.54. The fourth-order valence-electron chi connectivity index (χ4n) is 1.48. The van der Waals surface area contributed by atoms with Gasteiger partial charge in [0.2, 0.25) is 0 Å². The number of aromatic nitrogens is 2. The molecular formula is C12H10FN3O3. The maximum atomic E-state index is 13.5. The summed E-state index contributed by atoms with van der Waals surface area (Å²) in [5, 5.41) is 18.3. The van der Waals surface area contributed by atoms with Gasteiger partial charge in [0.15, 0.2) is 23.1 Å². The number of hydrogen-bond donors (Lipinski definition) is 3. The molecule has 7 heteroatoms. The molecule has 0 radical (unpaired) electrons. The van der Waals surface area contributed by atoms with Crippen LogP contribution in [-0.4, -0.2) is 26.2 Å². The highest BCUT2D eigenvalue weighted by atomic mass is 19.1. The minimum Gasteiger partial charge on any atom is -0.503 e. The van der Waals surface area contributed by atoms with E-state index < -0.39 is 23.2 Å². The molecule has 0 spiro atoms. The van der Waals surface area contributed by atoms with Gasteiger partial charge in [0.05, 0.1) is 0 Å². The molecule has 0 amide bonds. The van der Waals surface area contributed by atoms with Crippen LogP contribution in [-0.2, 0) is 0 Å². The van der Waals surface area contributed by atoms with E-state index in [1.807, 2.05) is 0 Å². The number of hydrogen-bond acceptors (Lipinski definition) is 5.